The van der Waals surface area contributed by atoms with Gasteiger partial charge in [0.1, 0.15) is 5.60 Å². The molecule has 3 aromatic rings. The quantitative estimate of drug-likeness (QED) is 0.225. The van der Waals surface area contributed by atoms with Crippen molar-refractivity contribution in [3.05, 3.63) is 96.6 Å². The van der Waals surface area contributed by atoms with Crippen LogP contribution in [0.4, 0.5) is 4.79 Å². The lowest BCUT2D eigenvalue weighted by atomic mass is 10.0. The number of carbonyl (C=O) groups is 1. The van der Waals surface area contributed by atoms with Crippen molar-refractivity contribution in [2.45, 2.75) is 96.7 Å². The minimum atomic E-state index is -2.84. The molecule has 0 saturated carbocycles. The van der Waals surface area contributed by atoms with Gasteiger partial charge in [-0.2, -0.15) is 5.06 Å². The minimum absolute atomic E-state index is 0.189. The maximum Gasteiger partial charge on any atom is 0.410 e. The third-order valence-corrected chi connectivity index (χ3v) is 13.2. The van der Waals surface area contributed by atoms with Gasteiger partial charge in [-0.3, -0.25) is 0 Å². The van der Waals surface area contributed by atoms with Crippen LogP contribution in [0, 0.1) is 0 Å². The summed E-state index contributed by atoms with van der Waals surface area (Å²) in [6.45, 7) is 15.3. The zero-order valence-corrected chi connectivity index (χ0v) is 27.3. The number of nitrogens with zero attached hydrogens (tertiary/aromatic N) is 2. The monoisotopic (exact) mass is 588 g/mol. The smallest absolute Gasteiger partial charge is 0.410 e. The summed E-state index contributed by atoms with van der Waals surface area (Å²) in [6.07, 6.45) is 0.674. The molecule has 3 aromatic carbocycles. The SMILES string of the molecule is CC[C@@H]([C@@H]1C[C@@H](O[Si](c2ccccc2)(c2ccccc2)C(C)(C)C)CN1C(=O)OC(C)(C)C)N(O)Cc1ccccc1. The van der Waals surface area contributed by atoms with E-state index in [9.17, 15) is 10.0 Å². The number of hydrogen-bond acceptors (Lipinski definition) is 5. The molecule has 42 heavy (non-hydrogen) atoms. The molecule has 0 bridgehead atoms. The second kappa shape index (κ2) is 13.1. The van der Waals surface area contributed by atoms with Gasteiger partial charge in [0.15, 0.2) is 0 Å². The van der Waals surface area contributed by atoms with E-state index >= 15 is 0 Å². The highest BCUT2D eigenvalue weighted by atomic mass is 28.4. The van der Waals surface area contributed by atoms with Crippen LogP contribution in [-0.2, 0) is 15.7 Å². The lowest BCUT2D eigenvalue weighted by molar-refractivity contribution is -0.151. The third-order valence-electron chi connectivity index (χ3n) is 8.13. The van der Waals surface area contributed by atoms with Crippen molar-refractivity contribution < 1.29 is 19.2 Å². The predicted molar refractivity (Wildman–Crippen MR) is 172 cm³/mol. The highest BCUT2D eigenvalue weighted by molar-refractivity contribution is 6.99. The van der Waals surface area contributed by atoms with Gasteiger partial charge in [-0.15, -0.1) is 0 Å². The van der Waals surface area contributed by atoms with E-state index in [-0.39, 0.29) is 29.3 Å². The second-order valence-electron chi connectivity index (χ2n) is 13.4. The van der Waals surface area contributed by atoms with Gasteiger partial charge in [0.05, 0.1) is 18.2 Å². The van der Waals surface area contributed by atoms with E-state index in [1.165, 1.54) is 15.4 Å². The van der Waals surface area contributed by atoms with Gasteiger partial charge in [-0.25, -0.2) is 4.79 Å². The number of carbonyl (C=O) groups excluding carboxylic acids is 1. The fraction of sp³-hybridized carbons (Fsp3) is 0.457. The normalized spacial score (nSPS) is 18.7. The summed E-state index contributed by atoms with van der Waals surface area (Å²) in [5.41, 5.74) is 0.379. The van der Waals surface area contributed by atoms with Gasteiger partial charge in [-0.05, 0) is 54.6 Å². The summed E-state index contributed by atoms with van der Waals surface area (Å²) in [7, 11) is -2.84. The first kappa shape index (κ1) is 32.0. The Morgan fingerprint density at radius 2 is 1.40 bits per heavy atom. The number of hydrogen-bond donors (Lipinski definition) is 1. The van der Waals surface area contributed by atoms with Crippen LogP contribution in [-0.4, -0.2) is 59.9 Å². The van der Waals surface area contributed by atoms with Crippen molar-refractivity contribution >= 4 is 24.8 Å². The van der Waals surface area contributed by atoms with Gasteiger partial charge in [0.2, 0.25) is 0 Å². The van der Waals surface area contributed by atoms with Gasteiger partial charge in [0, 0.05) is 13.1 Å². The molecule has 226 valence electrons. The van der Waals surface area contributed by atoms with Crippen LogP contribution < -0.4 is 10.4 Å². The van der Waals surface area contributed by atoms with Gasteiger partial charge in [-0.1, -0.05) is 119 Å². The van der Waals surface area contributed by atoms with Crippen molar-refractivity contribution in [3.8, 4) is 0 Å². The van der Waals surface area contributed by atoms with Crippen LogP contribution in [0.25, 0.3) is 0 Å². The molecular weight excluding hydrogens is 540 g/mol. The molecule has 0 aliphatic carbocycles. The molecule has 3 atom stereocenters. The fourth-order valence-electron chi connectivity index (χ4n) is 6.32. The van der Waals surface area contributed by atoms with Crippen molar-refractivity contribution in [2.24, 2.45) is 0 Å². The molecule has 4 rings (SSSR count). The van der Waals surface area contributed by atoms with Gasteiger partial charge >= 0.3 is 6.09 Å². The van der Waals surface area contributed by atoms with Crippen LogP contribution >= 0.6 is 0 Å². The Hall–Kier alpha value is -2.97. The molecule has 1 N–H and O–H groups in total. The van der Waals surface area contributed by atoms with E-state index in [0.29, 0.717) is 25.9 Å². The van der Waals surface area contributed by atoms with E-state index in [4.69, 9.17) is 9.16 Å². The van der Waals surface area contributed by atoms with Crippen molar-refractivity contribution in [1.82, 2.24) is 9.96 Å². The minimum Gasteiger partial charge on any atom is -0.444 e. The number of rotatable bonds is 9. The Morgan fingerprint density at radius 3 is 1.86 bits per heavy atom. The highest BCUT2D eigenvalue weighted by Gasteiger charge is 2.54. The first-order valence-electron chi connectivity index (χ1n) is 15.1. The first-order chi connectivity index (χ1) is 19.9. The number of hydroxylamine groups is 2. The number of benzene rings is 3. The molecule has 1 aliphatic heterocycles. The predicted octanol–water partition coefficient (Wildman–Crippen LogP) is 6.61. The zero-order valence-electron chi connectivity index (χ0n) is 26.3. The Labute approximate surface area is 253 Å². The summed E-state index contributed by atoms with van der Waals surface area (Å²) >= 11 is 0. The van der Waals surface area contributed by atoms with Crippen molar-refractivity contribution in [1.29, 1.82) is 0 Å². The van der Waals surface area contributed by atoms with Crippen molar-refractivity contribution in [3.63, 3.8) is 0 Å². The maximum atomic E-state index is 13.7. The standard InChI is InChI=1S/C35H48N2O4Si/c1-8-31(37(39)25-27-18-12-9-13-19-27)32-24-28(26-36(32)33(38)40-34(2,3)4)41-42(35(5,6)7,29-20-14-10-15-21-29)30-22-16-11-17-23-30/h9-23,28,31-32,39H,8,24-26H2,1-7H3/t28-,31+,32+/m1/s1. The van der Waals surface area contributed by atoms with Crippen LogP contribution in [0.15, 0.2) is 91.0 Å². The Morgan fingerprint density at radius 1 is 0.905 bits per heavy atom. The zero-order chi connectivity index (χ0) is 30.5. The average molecular weight is 589 g/mol. The largest absolute Gasteiger partial charge is 0.444 e. The Kier molecular flexibility index (Phi) is 9.98. The van der Waals surface area contributed by atoms with E-state index in [0.717, 1.165) is 5.56 Å². The third kappa shape index (κ3) is 7.14. The van der Waals surface area contributed by atoms with E-state index in [1.807, 2.05) is 63.2 Å². The number of ether oxygens (including phenoxy) is 1. The highest BCUT2D eigenvalue weighted by Crippen LogP contribution is 2.40. The Balaban J connectivity index is 1.73. The van der Waals surface area contributed by atoms with E-state index in [2.05, 4.69) is 76.2 Å². The summed E-state index contributed by atoms with van der Waals surface area (Å²) in [6, 6.07) is 30.5. The molecule has 1 aliphatic rings. The maximum absolute atomic E-state index is 13.7. The van der Waals surface area contributed by atoms with Crippen LogP contribution in [0.5, 0.6) is 0 Å². The molecular formula is C35H48N2O4Si. The molecule has 1 heterocycles. The van der Waals surface area contributed by atoms with Crippen LogP contribution in [0.3, 0.4) is 0 Å². The molecule has 0 radical (unpaired) electrons. The van der Waals surface area contributed by atoms with E-state index in [1.54, 1.807) is 4.90 Å². The average Bonchev–Trinajstić information content (AvgIpc) is 3.35. The second-order valence-corrected chi connectivity index (χ2v) is 17.7. The number of likely N-dealkylation sites (tertiary alicyclic amines) is 1. The fourth-order valence-corrected chi connectivity index (χ4v) is 11.0. The first-order valence-corrected chi connectivity index (χ1v) is 17.0. The summed E-state index contributed by atoms with van der Waals surface area (Å²) in [5.74, 6) is 0. The van der Waals surface area contributed by atoms with Crippen LogP contribution in [0.1, 0.15) is 66.9 Å². The molecule has 7 heteroatoms. The summed E-state index contributed by atoms with van der Waals surface area (Å²) in [5, 5.41) is 15.0. The van der Waals surface area contributed by atoms with Crippen molar-refractivity contribution in [2.75, 3.05) is 6.54 Å². The van der Waals surface area contributed by atoms with Gasteiger partial charge in [0.25, 0.3) is 8.32 Å². The molecule has 0 unspecified atom stereocenters. The molecule has 6 nitrogen and oxygen atoms in total. The Bertz CT molecular complexity index is 1240. The van der Waals surface area contributed by atoms with E-state index < -0.39 is 13.9 Å². The molecule has 1 saturated heterocycles. The lowest BCUT2D eigenvalue weighted by Crippen LogP contribution is -2.67. The molecule has 0 spiro atoms. The topological polar surface area (TPSA) is 62.2 Å². The van der Waals surface area contributed by atoms with Crippen LogP contribution in [0.2, 0.25) is 5.04 Å². The lowest BCUT2D eigenvalue weighted by Gasteiger charge is -2.44. The molecule has 0 aromatic heterocycles. The molecule has 1 fully saturated rings. The summed E-state index contributed by atoms with van der Waals surface area (Å²) < 4.78 is 13.4. The van der Waals surface area contributed by atoms with Gasteiger partial charge < -0.3 is 19.3 Å². The number of amides is 1. The summed E-state index contributed by atoms with van der Waals surface area (Å²) in [4.78, 5) is 15.5. The molecule has 1 amide bonds.